The Morgan fingerprint density at radius 1 is 1.04 bits per heavy atom. The van der Waals surface area contributed by atoms with Crippen molar-refractivity contribution < 1.29 is 27.9 Å². The van der Waals surface area contributed by atoms with Crippen LogP contribution in [0.1, 0.15) is 17.2 Å². The van der Waals surface area contributed by atoms with Crippen molar-refractivity contribution in [2.45, 2.75) is 12.3 Å². The minimum Gasteiger partial charge on any atom is -0.387 e. The van der Waals surface area contributed by atoms with Crippen molar-refractivity contribution in [3.63, 3.8) is 0 Å². The number of alkyl halides is 3. The zero-order chi connectivity index (χ0) is 19.3. The summed E-state index contributed by atoms with van der Waals surface area (Å²) in [4.78, 5) is 23.5. The molecule has 0 aliphatic carbocycles. The van der Waals surface area contributed by atoms with Crippen molar-refractivity contribution in [2.24, 2.45) is 0 Å². The van der Waals surface area contributed by atoms with Gasteiger partial charge in [-0.1, -0.05) is 35.9 Å². The van der Waals surface area contributed by atoms with Gasteiger partial charge in [-0.2, -0.15) is 13.2 Å². The zero-order valence-electron chi connectivity index (χ0n) is 13.2. The number of amides is 2. The Labute approximate surface area is 151 Å². The van der Waals surface area contributed by atoms with E-state index < -0.39 is 29.7 Å². The van der Waals surface area contributed by atoms with Gasteiger partial charge >= 0.3 is 18.0 Å². The Kier molecular flexibility index (Phi) is 6.23. The van der Waals surface area contributed by atoms with Gasteiger partial charge < -0.3 is 15.7 Å². The molecule has 5 nitrogen and oxygen atoms in total. The fourth-order valence-electron chi connectivity index (χ4n) is 2.02. The van der Waals surface area contributed by atoms with E-state index in [1.165, 1.54) is 12.1 Å². The van der Waals surface area contributed by atoms with Gasteiger partial charge in [-0.25, -0.2) is 0 Å². The normalized spacial score (nSPS) is 12.3. The monoisotopic (exact) mass is 386 g/mol. The second kappa shape index (κ2) is 8.20. The lowest BCUT2D eigenvalue weighted by atomic mass is 10.1. The highest BCUT2D eigenvalue weighted by Crippen LogP contribution is 2.29. The van der Waals surface area contributed by atoms with Crippen molar-refractivity contribution in [1.82, 2.24) is 5.32 Å². The zero-order valence-corrected chi connectivity index (χ0v) is 13.9. The third-order valence-corrected chi connectivity index (χ3v) is 3.74. The van der Waals surface area contributed by atoms with E-state index in [4.69, 9.17) is 11.6 Å². The molecule has 2 rings (SSSR count). The second-order valence-electron chi connectivity index (χ2n) is 5.28. The van der Waals surface area contributed by atoms with Crippen LogP contribution in [-0.4, -0.2) is 23.5 Å². The smallest absolute Gasteiger partial charge is 0.387 e. The van der Waals surface area contributed by atoms with Crippen LogP contribution >= 0.6 is 11.6 Å². The van der Waals surface area contributed by atoms with Gasteiger partial charge in [0.25, 0.3) is 0 Å². The van der Waals surface area contributed by atoms with Crippen molar-refractivity contribution in [3.8, 4) is 0 Å². The summed E-state index contributed by atoms with van der Waals surface area (Å²) in [6.07, 6.45) is -5.75. The Bertz CT molecular complexity index is 795. The van der Waals surface area contributed by atoms with Crippen LogP contribution in [0.2, 0.25) is 5.02 Å². The number of carbonyl (C=O) groups excluding carboxylic acids is 2. The molecule has 0 saturated carbocycles. The summed E-state index contributed by atoms with van der Waals surface area (Å²) >= 11 is 5.86. The van der Waals surface area contributed by atoms with Crippen LogP contribution in [0.25, 0.3) is 0 Å². The summed E-state index contributed by atoms with van der Waals surface area (Å²) in [5.41, 5.74) is -0.431. The molecular formula is C17H14ClF3N2O3. The predicted octanol–water partition coefficient (Wildman–Crippen LogP) is 3.15. The molecule has 138 valence electrons. The number of aliphatic hydroxyl groups excluding tert-OH is 1. The molecule has 3 N–H and O–H groups in total. The molecule has 1 atom stereocenters. The van der Waals surface area contributed by atoms with Crippen LogP contribution in [0.3, 0.4) is 0 Å². The first kappa shape index (κ1) is 19.7. The number of aliphatic hydroxyl groups is 1. The fourth-order valence-corrected chi connectivity index (χ4v) is 2.21. The maximum Gasteiger partial charge on any atom is 0.416 e. The molecule has 0 unspecified atom stereocenters. The molecule has 0 aliphatic heterocycles. The Balaban J connectivity index is 1.90. The summed E-state index contributed by atoms with van der Waals surface area (Å²) in [6, 6.07) is 10.2. The summed E-state index contributed by atoms with van der Waals surface area (Å²) in [5.74, 6) is -2.01. The van der Waals surface area contributed by atoms with Crippen LogP contribution < -0.4 is 10.6 Å². The highest BCUT2D eigenvalue weighted by atomic mass is 35.5. The van der Waals surface area contributed by atoms with Crippen molar-refractivity contribution >= 4 is 29.1 Å². The van der Waals surface area contributed by atoms with E-state index in [-0.39, 0.29) is 22.8 Å². The van der Waals surface area contributed by atoms with Gasteiger partial charge in [0, 0.05) is 6.54 Å². The summed E-state index contributed by atoms with van der Waals surface area (Å²) in [5, 5.41) is 14.7. The van der Waals surface area contributed by atoms with Crippen LogP contribution in [0, 0.1) is 0 Å². The van der Waals surface area contributed by atoms with Crippen LogP contribution in [0.4, 0.5) is 18.9 Å². The van der Waals surface area contributed by atoms with E-state index in [0.717, 1.165) is 24.3 Å². The highest BCUT2D eigenvalue weighted by Gasteiger charge is 2.30. The molecule has 2 aromatic carbocycles. The molecule has 2 amide bonds. The predicted molar refractivity (Wildman–Crippen MR) is 89.5 cm³/mol. The lowest BCUT2D eigenvalue weighted by Gasteiger charge is -2.14. The lowest BCUT2D eigenvalue weighted by Crippen LogP contribution is -2.37. The Morgan fingerprint density at radius 2 is 1.65 bits per heavy atom. The number of nitrogens with one attached hydrogen (secondary N) is 2. The van der Waals surface area contributed by atoms with Crippen LogP contribution in [0.15, 0.2) is 48.5 Å². The molecular weight excluding hydrogens is 373 g/mol. The van der Waals surface area contributed by atoms with Gasteiger partial charge in [-0.15, -0.1) is 0 Å². The van der Waals surface area contributed by atoms with E-state index in [1.807, 2.05) is 0 Å². The second-order valence-corrected chi connectivity index (χ2v) is 5.69. The number of rotatable bonds is 4. The Hall–Kier alpha value is -2.58. The Morgan fingerprint density at radius 3 is 2.23 bits per heavy atom. The van der Waals surface area contributed by atoms with Gasteiger partial charge in [-0.3, -0.25) is 9.59 Å². The summed E-state index contributed by atoms with van der Waals surface area (Å²) in [6.45, 7) is -0.347. The molecule has 9 heteroatoms. The molecule has 0 fully saturated rings. The number of halogens is 4. The molecule has 0 aliphatic rings. The molecule has 0 heterocycles. The van der Waals surface area contributed by atoms with Gasteiger partial charge in [0.15, 0.2) is 0 Å². The van der Waals surface area contributed by atoms with Gasteiger partial charge in [0.1, 0.15) is 0 Å². The molecule has 0 radical (unpaired) electrons. The topological polar surface area (TPSA) is 78.4 Å². The van der Waals surface area contributed by atoms with Gasteiger partial charge in [0.2, 0.25) is 0 Å². The third-order valence-electron chi connectivity index (χ3n) is 3.41. The van der Waals surface area contributed by atoms with E-state index in [1.54, 1.807) is 12.1 Å². The van der Waals surface area contributed by atoms with Crippen LogP contribution in [0.5, 0.6) is 0 Å². The van der Waals surface area contributed by atoms with Crippen molar-refractivity contribution in [3.05, 3.63) is 64.7 Å². The minimum atomic E-state index is -4.48. The van der Waals surface area contributed by atoms with E-state index in [2.05, 4.69) is 10.6 Å². The molecule has 26 heavy (non-hydrogen) atoms. The largest absolute Gasteiger partial charge is 0.416 e. The maximum atomic E-state index is 12.5. The molecule has 2 aromatic rings. The fraction of sp³-hybridized carbons (Fsp3) is 0.176. The number of carbonyl (C=O) groups is 2. The van der Waals surface area contributed by atoms with Gasteiger partial charge in [0.05, 0.1) is 22.4 Å². The number of para-hydroxylation sites is 1. The summed E-state index contributed by atoms with van der Waals surface area (Å²) in [7, 11) is 0. The first-order valence-corrected chi connectivity index (χ1v) is 7.75. The SMILES string of the molecule is O=C(NC[C@H](O)c1ccc(C(F)(F)F)cc1)C(=O)Nc1ccccc1Cl. The molecule has 0 saturated heterocycles. The number of hydrogen-bond donors (Lipinski definition) is 3. The molecule has 0 aromatic heterocycles. The number of hydrogen-bond acceptors (Lipinski definition) is 3. The lowest BCUT2D eigenvalue weighted by molar-refractivity contribution is -0.137. The van der Waals surface area contributed by atoms with E-state index in [9.17, 15) is 27.9 Å². The number of anilines is 1. The quantitative estimate of drug-likeness (QED) is 0.706. The average Bonchev–Trinajstić information content (AvgIpc) is 2.60. The summed E-state index contributed by atoms with van der Waals surface area (Å²) < 4.78 is 37.5. The molecule has 0 spiro atoms. The minimum absolute atomic E-state index is 0.171. The highest BCUT2D eigenvalue weighted by molar-refractivity contribution is 6.41. The third kappa shape index (κ3) is 5.21. The van der Waals surface area contributed by atoms with Crippen LogP contribution in [-0.2, 0) is 15.8 Å². The first-order chi connectivity index (χ1) is 12.2. The number of benzene rings is 2. The van der Waals surface area contributed by atoms with Crippen molar-refractivity contribution in [2.75, 3.05) is 11.9 Å². The maximum absolute atomic E-state index is 12.5. The molecule has 0 bridgehead atoms. The first-order valence-electron chi connectivity index (χ1n) is 7.37. The standard InChI is InChI=1S/C17H14ClF3N2O3/c18-12-3-1-2-4-13(12)23-16(26)15(25)22-9-14(24)10-5-7-11(8-6-10)17(19,20)21/h1-8,14,24H,9H2,(H,22,25)(H,23,26)/t14-/m0/s1. The average molecular weight is 387 g/mol. The van der Waals surface area contributed by atoms with E-state index in [0.29, 0.717) is 0 Å². The van der Waals surface area contributed by atoms with Crippen molar-refractivity contribution in [1.29, 1.82) is 0 Å². The van der Waals surface area contributed by atoms with E-state index >= 15 is 0 Å². The van der Waals surface area contributed by atoms with Gasteiger partial charge in [-0.05, 0) is 29.8 Å².